The Morgan fingerprint density at radius 3 is 2.32 bits per heavy atom. The maximum absolute atomic E-state index is 12.0. The van der Waals surface area contributed by atoms with Gasteiger partial charge in [-0.1, -0.05) is 0 Å². The van der Waals surface area contributed by atoms with Crippen molar-refractivity contribution >= 4 is 17.4 Å². The SMILES string of the molecule is CCN(C)C(=O)N1CCN(c2ccc(N)cc2)CC1. The van der Waals surface area contributed by atoms with E-state index in [0.717, 1.165) is 38.4 Å². The first-order chi connectivity index (χ1) is 9.11. The molecule has 1 aromatic carbocycles. The van der Waals surface area contributed by atoms with Crippen molar-refractivity contribution in [2.75, 3.05) is 50.4 Å². The summed E-state index contributed by atoms with van der Waals surface area (Å²) in [6, 6.07) is 8.02. The van der Waals surface area contributed by atoms with Crippen LogP contribution in [-0.2, 0) is 0 Å². The number of carbonyl (C=O) groups is 1. The fourth-order valence-corrected chi connectivity index (χ4v) is 2.22. The highest BCUT2D eigenvalue weighted by molar-refractivity contribution is 5.74. The standard InChI is InChI=1S/C14H22N4O/c1-3-16(2)14(19)18-10-8-17(9-11-18)13-6-4-12(15)5-7-13/h4-7H,3,8-11,15H2,1-2H3. The molecule has 5 heteroatoms. The van der Waals surface area contributed by atoms with Crippen LogP contribution >= 0.6 is 0 Å². The number of piperazine rings is 1. The van der Waals surface area contributed by atoms with Gasteiger partial charge in [0.25, 0.3) is 0 Å². The van der Waals surface area contributed by atoms with E-state index in [9.17, 15) is 4.79 Å². The molecule has 1 aliphatic rings. The second-order valence-corrected chi connectivity index (χ2v) is 4.86. The number of benzene rings is 1. The molecule has 0 unspecified atom stereocenters. The summed E-state index contributed by atoms with van der Waals surface area (Å²) in [6.45, 7) is 6.01. The molecule has 0 radical (unpaired) electrons. The average molecular weight is 262 g/mol. The van der Waals surface area contributed by atoms with E-state index in [1.54, 1.807) is 4.90 Å². The third-order valence-electron chi connectivity index (χ3n) is 3.61. The van der Waals surface area contributed by atoms with Crippen molar-refractivity contribution in [2.45, 2.75) is 6.92 Å². The van der Waals surface area contributed by atoms with E-state index < -0.39 is 0 Å². The minimum absolute atomic E-state index is 0.124. The molecule has 19 heavy (non-hydrogen) atoms. The number of rotatable bonds is 2. The van der Waals surface area contributed by atoms with E-state index in [1.165, 1.54) is 5.69 Å². The number of carbonyl (C=O) groups excluding carboxylic acids is 1. The van der Waals surface area contributed by atoms with Gasteiger partial charge in [0.2, 0.25) is 0 Å². The lowest BCUT2D eigenvalue weighted by atomic mass is 10.2. The van der Waals surface area contributed by atoms with Crippen LogP contribution in [0.15, 0.2) is 24.3 Å². The number of urea groups is 1. The highest BCUT2D eigenvalue weighted by Crippen LogP contribution is 2.18. The molecule has 1 aliphatic heterocycles. The maximum atomic E-state index is 12.0. The van der Waals surface area contributed by atoms with Crippen molar-refractivity contribution in [3.63, 3.8) is 0 Å². The number of anilines is 2. The lowest BCUT2D eigenvalue weighted by Gasteiger charge is -2.37. The summed E-state index contributed by atoms with van der Waals surface area (Å²) in [5.74, 6) is 0. The minimum atomic E-state index is 0.124. The van der Waals surface area contributed by atoms with Gasteiger partial charge in [0, 0.05) is 51.1 Å². The molecule has 1 aromatic rings. The van der Waals surface area contributed by atoms with Gasteiger partial charge in [-0.05, 0) is 31.2 Å². The van der Waals surface area contributed by atoms with E-state index in [1.807, 2.05) is 43.1 Å². The number of nitrogen functional groups attached to an aromatic ring is 1. The van der Waals surface area contributed by atoms with Gasteiger partial charge < -0.3 is 20.4 Å². The van der Waals surface area contributed by atoms with Crippen LogP contribution < -0.4 is 10.6 Å². The van der Waals surface area contributed by atoms with Gasteiger partial charge in [-0.15, -0.1) is 0 Å². The molecular formula is C14H22N4O. The van der Waals surface area contributed by atoms with E-state index in [4.69, 9.17) is 5.73 Å². The van der Waals surface area contributed by atoms with E-state index in [-0.39, 0.29) is 6.03 Å². The van der Waals surface area contributed by atoms with Crippen LogP contribution in [0.2, 0.25) is 0 Å². The zero-order chi connectivity index (χ0) is 13.8. The van der Waals surface area contributed by atoms with Crippen molar-refractivity contribution in [1.29, 1.82) is 0 Å². The Kier molecular flexibility index (Phi) is 4.14. The number of nitrogens with two attached hydrogens (primary N) is 1. The van der Waals surface area contributed by atoms with Crippen molar-refractivity contribution < 1.29 is 4.79 Å². The Bertz CT molecular complexity index is 424. The predicted octanol–water partition coefficient (Wildman–Crippen LogP) is 1.46. The third kappa shape index (κ3) is 3.10. The van der Waals surface area contributed by atoms with Crippen molar-refractivity contribution in [3.8, 4) is 0 Å². The Balaban J connectivity index is 1.92. The molecule has 0 aliphatic carbocycles. The summed E-state index contributed by atoms with van der Waals surface area (Å²) in [5, 5.41) is 0. The lowest BCUT2D eigenvalue weighted by Crippen LogP contribution is -2.52. The van der Waals surface area contributed by atoms with Crippen LogP contribution in [0.3, 0.4) is 0 Å². The first-order valence-corrected chi connectivity index (χ1v) is 6.72. The van der Waals surface area contributed by atoms with Crippen molar-refractivity contribution in [1.82, 2.24) is 9.80 Å². The van der Waals surface area contributed by atoms with E-state index in [0.29, 0.717) is 0 Å². The highest BCUT2D eigenvalue weighted by atomic mass is 16.2. The summed E-state index contributed by atoms with van der Waals surface area (Å²) >= 11 is 0. The minimum Gasteiger partial charge on any atom is -0.399 e. The largest absolute Gasteiger partial charge is 0.399 e. The zero-order valence-electron chi connectivity index (χ0n) is 11.7. The Hall–Kier alpha value is -1.91. The van der Waals surface area contributed by atoms with Gasteiger partial charge >= 0.3 is 6.03 Å². The van der Waals surface area contributed by atoms with Crippen LogP contribution in [0, 0.1) is 0 Å². The zero-order valence-corrected chi connectivity index (χ0v) is 11.7. The molecular weight excluding hydrogens is 240 g/mol. The summed E-state index contributed by atoms with van der Waals surface area (Å²) in [6.07, 6.45) is 0. The Morgan fingerprint density at radius 2 is 1.79 bits per heavy atom. The third-order valence-corrected chi connectivity index (χ3v) is 3.61. The van der Waals surface area contributed by atoms with Gasteiger partial charge in [-0.2, -0.15) is 0 Å². The van der Waals surface area contributed by atoms with Crippen LogP contribution in [0.4, 0.5) is 16.2 Å². The first-order valence-electron chi connectivity index (χ1n) is 6.72. The molecule has 0 aromatic heterocycles. The van der Waals surface area contributed by atoms with Gasteiger partial charge in [0.1, 0.15) is 0 Å². The molecule has 2 amide bonds. The quantitative estimate of drug-likeness (QED) is 0.821. The van der Waals surface area contributed by atoms with Gasteiger partial charge in [-0.25, -0.2) is 4.79 Å². The van der Waals surface area contributed by atoms with Crippen LogP contribution in [-0.4, -0.2) is 55.6 Å². The Morgan fingerprint density at radius 1 is 1.21 bits per heavy atom. The normalized spacial score (nSPS) is 15.5. The van der Waals surface area contributed by atoms with Crippen molar-refractivity contribution in [3.05, 3.63) is 24.3 Å². The highest BCUT2D eigenvalue weighted by Gasteiger charge is 2.22. The first kappa shape index (κ1) is 13.5. The molecule has 1 fully saturated rings. The second-order valence-electron chi connectivity index (χ2n) is 4.86. The molecule has 1 heterocycles. The van der Waals surface area contributed by atoms with Crippen LogP contribution in [0.1, 0.15) is 6.92 Å². The van der Waals surface area contributed by atoms with Gasteiger partial charge in [0.15, 0.2) is 0 Å². The molecule has 104 valence electrons. The molecule has 2 N–H and O–H groups in total. The fourth-order valence-electron chi connectivity index (χ4n) is 2.22. The predicted molar refractivity (Wildman–Crippen MR) is 78.3 cm³/mol. The molecule has 1 saturated heterocycles. The van der Waals surface area contributed by atoms with Crippen LogP contribution in [0.25, 0.3) is 0 Å². The molecule has 0 atom stereocenters. The lowest BCUT2D eigenvalue weighted by molar-refractivity contribution is 0.161. The molecule has 5 nitrogen and oxygen atoms in total. The van der Waals surface area contributed by atoms with Crippen molar-refractivity contribution in [2.24, 2.45) is 0 Å². The smallest absolute Gasteiger partial charge is 0.319 e. The van der Waals surface area contributed by atoms with E-state index >= 15 is 0 Å². The monoisotopic (exact) mass is 262 g/mol. The fraction of sp³-hybridized carbons (Fsp3) is 0.500. The number of amides is 2. The number of hydrogen-bond donors (Lipinski definition) is 1. The van der Waals surface area contributed by atoms with Crippen LogP contribution in [0.5, 0.6) is 0 Å². The number of nitrogens with zero attached hydrogens (tertiary/aromatic N) is 3. The second kappa shape index (κ2) is 5.82. The van der Waals surface area contributed by atoms with E-state index in [2.05, 4.69) is 4.90 Å². The maximum Gasteiger partial charge on any atom is 0.319 e. The van der Waals surface area contributed by atoms with Gasteiger partial charge in [0.05, 0.1) is 0 Å². The van der Waals surface area contributed by atoms with Gasteiger partial charge in [-0.3, -0.25) is 0 Å². The summed E-state index contributed by atoms with van der Waals surface area (Å²) in [4.78, 5) is 18.0. The average Bonchev–Trinajstić information content (AvgIpc) is 2.46. The molecule has 0 saturated carbocycles. The molecule has 0 bridgehead atoms. The molecule has 0 spiro atoms. The summed E-state index contributed by atoms with van der Waals surface area (Å²) < 4.78 is 0. The number of hydrogen-bond acceptors (Lipinski definition) is 3. The topological polar surface area (TPSA) is 52.8 Å². The summed E-state index contributed by atoms with van der Waals surface area (Å²) in [7, 11) is 1.84. The molecule has 2 rings (SSSR count). The Labute approximate surface area is 114 Å². The summed E-state index contributed by atoms with van der Waals surface area (Å²) in [5.41, 5.74) is 7.64.